The van der Waals surface area contributed by atoms with Crippen LogP contribution < -0.4 is 20.1 Å². The third kappa shape index (κ3) is 5.97. The number of fused-ring (bicyclic) bond motifs is 1. The van der Waals surface area contributed by atoms with Crippen molar-refractivity contribution in [2.75, 3.05) is 25.1 Å². The Bertz CT molecular complexity index is 1310. The lowest BCUT2D eigenvalue weighted by Gasteiger charge is -2.12. The second-order valence-corrected chi connectivity index (χ2v) is 7.82. The summed E-state index contributed by atoms with van der Waals surface area (Å²) in [6.45, 7) is 5.21. The number of rotatable bonds is 10. The molecule has 4 rings (SSSR count). The summed E-state index contributed by atoms with van der Waals surface area (Å²) in [5, 5.41) is 5.44. The third-order valence-electron chi connectivity index (χ3n) is 5.33. The van der Waals surface area contributed by atoms with Crippen molar-refractivity contribution in [3.05, 3.63) is 84.2 Å². The van der Waals surface area contributed by atoms with Gasteiger partial charge in [-0.1, -0.05) is 24.3 Å². The van der Waals surface area contributed by atoms with Gasteiger partial charge in [0.15, 0.2) is 11.5 Å². The molecule has 4 aromatic rings. The molecule has 0 radical (unpaired) electrons. The fourth-order valence-corrected chi connectivity index (χ4v) is 3.69. The molecule has 2 amide bonds. The first-order chi connectivity index (χ1) is 17.1. The number of ether oxygens (including phenoxy) is 2. The normalized spacial score (nSPS) is 10.7. The van der Waals surface area contributed by atoms with E-state index < -0.39 is 0 Å². The predicted molar refractivity (Wildman–Crippen MR) is 135 cm³/mol. The van der Waals surface area contributed by atoms with Gasteiger partial charge < -0.3 is 24.7 Å². The second-order valence-electron chi connectivity index (χ2n) is 7.82. The van der Waals surface area contributed by atoms with Crippen LogP contribution in [0.2, 0.25) is 0 Å². The molecule has 3 aromatic carbocycles. The SMILES string of the molecule is CCOc1ccc(C(=O)NCC(=O)Nc2ccc(Cn3cnc4ccccc43)cc2)cc1OCC. The minimum Gasteiger partial charge on any atom is -0.490 e. The van der Waals surface area contributed by atoms with Crippen molar-refractivity contribution in [1.82, 2.24) is 14.9 Å². The average molecular weight is 473 g/mol. The molecule has 0 aliphatic carbocycles. The van der Waals surface area contributed by atoms with Gasteiger partial charge >= 0.3 is 0 Å². The number of nitrogens with zero attached hydrogens (tertiary/aromatic N) is 2. The lowest BCUT2D eigenvalue weighted by molar-refractivity contribution is -0.115. The first-order valence-corrected chi connectivity index (χ1v) is 11.5. The number of nitrogens with one attached hydrogen (secondary N) is 2. The smallest absolute Gasteiger partial charge is 0.251 e. The molecule has 0 saturated heterocycles. The maximum Gasteiger partial charge on any atom is 0.251 e. The van der Waals surface area contributed by atoms with Crippen molar-refractivity contribution in [1.29, 1.82) is 0 Å². The predicted octanol–water partition coefficient (Wildman–Crippen LogP) is 4.25. The molecule has 0 spiro atoms. The highest BCUT2D eigenvalue weighted by molar-refractivity contribution is 5.99. The molecular weight excluding hydrogens is 444 g/mol. The van der Waals surface area contributed by atoms with Gasteiger partial charge in [0.2, 0.25) is 5.91 Å². The molecule has 0 aliphatic heterocycles. The van der Waals surface area contributed by atoms with Gasteiger partial charge in [0.1, 0.15) is 0 Å². The summed E-state index contributed by atoms with van der Waals surface area (Å²) in [7, 11) is 0. The topological polar surface area (TPSA) is 94.5 Å². The Morgan fingerprint density at radius 3 is 2.43 bits per heavy atom. The van der Waals surface area contributed by atoms with Crippen LogP contribution >= 0.6 is 0 Å². The molecule has 180 valence electrons. The lowest BCUT2D eigenvalue weighted by Crippen LogP contribution is -2.32. The molecule has 8 heteroatoms. The average Bonchev–Trinajstić information content (AvgIpc) is 3.28. The quantitative estimate of drug-likeness (QED) is 0.360. The Morgan fingerprint density at radius 1 is 0.914 bits per heavy atom. The first kappa shape index (κ1) is 23.8. The van der Waals surface area contributed by atoms with Gasteiger partial charge in [-0.05, 0) is 61.9 Å². The van der Waals surface area contributed by atoms with Gasteiger partial charge in [0.05, 0.1) is 37.1 Å². The standard InChI is InChI=1S/C27H28N4O4/c1-3-34-24-14-11-20(15-25(24)35-4-2)27(33)28-16-26(32)30-21-12-9-19(10-13-21)17-31-18-29-22-7-5-6-8-23(22)31/h5-15,18H,3-4,16-17H2,1-2H3,(H,28,33)(H,30,32). The highest BCUT2D eigenvalue weighted by Gasteiger charge is 2.13. The van der Waals surface area contributed by atoms with Crippen LogP contribution in [0.1, 0.15) is 29.8 Å². The lowest BCUT2D eigenvalue weighted by atomic mass is 10.2. The van der Waals surface area contributed by atoms with Gasteiger partial charge in [-0.15, -0.1) is 0 Å². The highest BCUT2D eigenvalue weighted by atomic mass is 16.5. The molecule has 0 atom stereocenters. The van der Waals surface area contributed by atoms with Gasteiger partial charge in [-0.2, -0.15) is 0 Å². The molecule has 2 N–H and O–H groups in total. The molecule has 0 saturated carbocycles. The van der Waals surface area contributed by atoms with E-state index in [9.17, 15) is 9.59 Å². The van der Waals surface area contributed by atoms with E-state index in [1.165, 1.54) is 0 Å². The van der Waals surface area contributed by atoms with E-state index in [2.05, 4.69) is 20.2 Å². The number of para-hydroxylation sites is 2. The number of carbonyl (C=O) groups is 2. The van der Waals surface area contributed by atoms with E-state index in [1.807, 2.05) is 68.7 Å². The molecular formula is C27H28N4O4. The highest BCUT2D eigenvalue weighted by Crippen LogP contribution is 2.28. The Labute approximate surface area is 203 Å². The summed E-state index contributed by atoms with van der Waals surface area (Å²) in [6, 6.07) is 20.5. The first-order valence-electron chi connectivity index (χ1n) is 11.5. The number of hydrogen-bond acceptors (Lipinski definition) is 5. The molecule has 0 aliphatic rings. The maximum atomic E-state index is 12.5. The number of hydrogen-bond donors (Lipinski definition) is 2. The third-order valence-corrected chi connectivity index (χ3v) is 5.33. The summed E-state index contributed by atoms with van der Waals surface area (Å²) in [5.74, 6) is 0.387. The fraction of sp³-hybridized carbons (Fsp3) is 0.222. The Morgan fingerprint density at radius 2 is 1.66 bits per heavy atom. The summed E-state index contributed by atoms with van der Waals surface area (Å²) in [5.41, 5.74) is 4.16. The zero-order valence-electron chi connectivity index (χ0n) is 19.8. The summed E-state index contributed by atoms with van der Waals surface area (Å²) in [4.78, 5) is 29.3. The van der Waals surface area contributed by atoms with E-state index in [0.29, 0.717) is 42.5 Å². The minimum atomic E-state index is -0.368. The van der Waals surface area contributed by atoms with Gasteiger partial charge in [0.25, 0.3) is 5.91 Å². The van der Waals surface area contributed by atoms with Crippen LogP contribution in [-0.4, -0.2) is 41.1 Å². The number of aromatic nitrogens is 2. The number of anilines is 1. The van der Waals surface area contributed by atoms with Crippen LogP contribution in [-0.2, 0) is 11.3 Å². The largest absolute Gasteiger partial charge is 0.490 e. The van der Waals surface area contributed by atoms with Gasteiger partial charge in [-0.3, -0.25) is 9.59 Å². The molecule has 1 heterocycles. The van der Waals surface area contributed by atoms with Gasteiger partial charge in [0, 0.05) is 17.8 Å². The number of imidazole rings is 1. The molecule has 0 fully saturated rings. The molecule has 0 unspecified atom stereocenters. The molecule has 35 heavy (non-hydrogen) atoms. The van der Waals surface area contributed by atoms with Crippen molar-refractivity contribution in [2.24, 2.45) is 0 Å². The van der Waals surface area contributed by atoms with Crippen LogP contribution in [0.3, 0.4) is 0 Å². The van der Waals surface area contributed by atoms with E-state index >= 15 is 0 Å². The van der Waals surface area contributed by atoms with Crippen molar-refractivity contribution in [3.8, 4) is 11.5 Å². The number of benzene rings is 3. The van der Waals surface area contributed by atoms with E-state index in [-0.39, 0.29) is 18.4 Å². The van der Waals surface area contributed by atoms with Crippen LogP contribution in [0.15, 0.2) is 73.1 Å². The molecule has 8 nitrogen and oxygen atoms in total. The maximum absolute atomic E-state index is 12.5. The van der Waals surface area contributed by atoms with Crippen LogP contribution in [0.4, 0.5) is 5.69 Å². The molecule has 0 bridgehead atoms. The Kier molecular flexibility index (Phi) is 7.62. The van der Waals surface area contributed by atoms with Crippen molar-refractivity contribution in [2.45, 2.75) is 20.4 Å². The van der Waals surface area contributed by atoms with E-state index in [4.69, 9.17) is 9.47 Å². The monoisotopic (exact) mass is 472 g/mol. The summed E-state index contributed by atoms with van der Waals surface area (Å²) in [6.07, 6.45) is 1.82. The van der Waals surface area contributed by atoms with Crippen LogP contribution in [0.25, 0.3) is 11.0 Å². The van der Waals surface area contributed by atoms with Crippen molar-refractivity contribution >= 4 is 28.5 Å². The summed E-state index contributed by atoms with van der Waals surface area (Å²) >= 11 is 0. The zero-order chi connectivity index (χ0) is 24.6. The van der Waals surface area contributed by atoms with Crippen molar-refractivity contribution < 1.29 is 19.1 Å². The van der Waals surface area contributed by atoms with Crippen LogP contribution in [0.5, 0.6) is 11.5 Å². The Hall–Kier alpha value is -4.33. The van der Waals surface area contributed by atoms with E-state index in [0.717, 1.165) is 16.6 Å². The van der Waals surface area contributed by atoms with Crippen molar-refractivity contribution in [3.63, 3.8) is 0 Å². The Balaban J connectivity index is 1.30. The minimum absolute atomic E-state index is 0.154. The van der Waals surface area contributed by atoms with E-state index in [1.54, 1.807) is 18.2 Å². The summed E-state index contributed by atoms with van der Waals surface area (Å²) < 4.78 is 13.2. The second kappa shape index (κ2) is 11.2. The fourth-order valence-electron chi connectivity index (χ4n) is 3.69. The zero-order valence-corrected chi connectivity index (χ0v) is 19.8. The molecule has 1 aromatic heterocycles. The van der Waals surface area contributed by atoms with Crippen LogP contribution in [0, 0.1) is 0 Å². The van der Waals surface area contributed by atoms with Gasteiger partial charge in [-0.25, -0.2) is 4.98 Å². The number of carbonyl (C=O) groups excluding carboxylic acids is 2. The number of amides is 2.